The summed E-state index contributed by atoms with van der Waals surface area (Å²) in [5.74, 6) is 0. The fourth-order valence-corrected chi connectivity index (χ4v) is 0. The Labute approximate surface area is 117 Å². The van der Waals surface area contributed by atoms with Gasteiger partial charge in [0.05, 0.1) is 0 Å². The normalized spacial score (nSPS) is 0. The first-order valence-corrected chi connectivity index (χ1v) is 0. The van der Waals surface area contributed by atoms with E-state index in [9.17, 15) is 0 Å². The van der Waals surface area contributed by atoms with Crippen molar-refractivity contribution < 1.29 is 74.6 Å². The second kappa shape index (κ2) is 63.3. The SMILES string of the molecule is [Fe+3].[La+3].[O-2].[O-2].[O-2].[O-2].[Sr+2]. The van der Waals surface area contributed by atoms with Gasteiger partial charge >= 0.3 is 98.1 Å². The van der Waals surface area contributed by atoms with Crippen molar-refractivity contribution in [2.75, 3.05) is 0 Å². The molecule has 0 N–H and O–H groups in total. The minimum Gasteiger partial charge on any atom is -2.00 e. The van der Waals surface area contributed by atoms with Crippen molar-refractivity contribution in [1.82, 2.24) is 0 Å². The molecule has 0 heterocycles. The zero-order valence-electron chi connectivity index (χ0n) is 3.27. The minimum atomic E-state index is 0. The van der Waals surface area contributed by atoms with Crippen LogP contribution < -0.4 is 0 Å². The van der Waals surface area contributed by atoms with Crippen LogP contribution >= 0.6 is 0 Å². The molecule has 0 aromatic carbocycles. The first-order valence-electron chi connectivity index (χ1n) is 0. The van der Waals surface area contributed by atoms with E-state index in [1.165, 1.54) is 0 Å². The molecule has 0 spiro atoms. The van der Waals surface area contributed by atoms with Gasteiger partial charge in [-0.05, 0) is 0 Å². The van der Waals surface area contributed by atoms with Gasteiger partial charge in [0.1, 0.15) is 0 Å². The molecule has 37 valence electrons. The zero-order chi connectivity index (χ0) is 0. The molecular weight excluding hydrogens is 346 g/mol. The van der Waals surface area contributed by atoms with Gasteiger partial charge in [0.15, 0.2) is 0 Å². The van der Waals surface area contributed by atoms with Crippen LogP contribution in [0.25, 0.3) is 0 Å². The standard InChI is InChI=1S/Fe.La.4O.Sr/q2*+3;4*-2;+2. The number of rotatable bonds is 0. The van der Waals surface area contributed by atoms with E-state index in [1.807, 2.05) is 0 Å². The number of hydrogen-bond donors (Lipinski definition) is 0. The summed E-state index contributed by atoms with van der Waals surface area (Å²) in [6, 6.07) is 0. The Morgan fingerprint density at radius 1 is 0.571 bits per heavy atom. The molecule has 0 rings (SSSR count). The molecule has 0 aromatic heterocycles. The van der Waals surface area contributed by atoms with Crippen molar-refractivity contribution in [2.45, 2.75) is 0 Å². The van der Waals surface area contributed by atoms with Crippen LogP contribution in [-0.2, 0) is 39.0 Å². The van der Waals surface area contributed by atoms with Gasteiger partial charge in [-0.25, -0.2) is 0 Å². The van der Waals surface area contributed by atoms with Crippen LogP contribution in [-0.4, -0.2) is 45.5 Å². The van der Waals surface area contributed by atoms with E-state index in [0.29, 0.717) is 0 Å². The van der Waals surface area contributed by atoms with Crippen LogP contribution in [0.1, 0.15) is 0 Å². The molecular formula is FeLaO4Sr. The van der Waals surface area contributed by atoms with Gasteiger partial charge in [0.2, 0.25) is 0 Å². The maximum absolute atomic E-state index is 0. The summed E-state index contributed by atoms with van der Waals surface area (Å²) in [7, 11) is 0. The fraction of sp³-hybridized carbons (Fsp3) is 0. The third-order valence-corrected chi connectivity index (χ3v) is 0. The predicted molar refractivity (Wildman–Crippen MR) is 8.50 cm³/mol. The van der Waals surface area contributed by atoms with Gasteiger partial charge in [-0.15, -0.1) is 0 Å². The topological polar surface area (TPSA) is 114 Å². The molecule has 0 atom stereocenters. The van der Waals surface area contributed by atoms with E-state index in [1.54, 1.807) is 0 Å². The van der Waals surface area contributed by atoms with E-state index in [2.05, 4.69) is 0 Å². The molecule has 7 heavy (non-hydrogen) atoms. The first-order chi connectivity index (χ1) is 0. The Kier molecular flexibility index (Phi) is 805. The Balaban J connectivity index is 0. The monoisotopic (exact) mass is 347 g/mol. The van der Waals surface area contributed by atoms with Crippen molar-refractivity contribution in [3.8, 4) is 0 Å². The smallest absolute Gasteiger partial charge is 2.00 e. The molecule has 4 nitrogen and oxygen atoms in total. The predicted octanol–water partition coefficient (Wildman–Crippen LogP) is -0.859. The molecule has 0 aliphatic heterocycles. The Hall–Kier alpha value is 3.03. The number of hydrogen-bond acceptors (Lipinski definition) is 0. The van der Waals surface area contributed by atoms with Crippen molar-refractivity contribution in [1.29, 1.82) is 0 Å². The van der Waals surface area contributed by atoms with Gasteiger partial charge in [-0.3, -0.25) is 0 Å². The summed E-state index contributed by atoms with van der Waals surface area (Å²) in [6.45, 7) is 0. The van der Waals surface area contributed by atoms with Crippen molar-refractivity contribution in [2.24, 2.45) is 0 Å². The molecule has 0 fully saturated rings. The van der Waals surface area contributed by atoms with Crippen LogP contribution in [0.3, 0.4) is 0 Å². The molecule has 0 unspecified atom stereocenters. The van der Waals surface area contributed by atoms with Crippen LogP contribution in [0.2, 0.25) is 0 Å². The molecule has 0 aliphatic carbocycles. The van der Waals surface area contributed by atoms with E-state index in [4.69, 9.17) is 0 Å². The van der Waals surface area contributed by atoms with Gasteiger partial charge in [0.25, 0.3) is 0 Å². The minimum absolute atomic E-state index is 0. The second-order valence-electron chi connectivity index (χ2n) is 0. The van der Waals surface area contributed by atoms with E-state index in [-0.39, 0.29) is 120 Å². The van der Waals surface area contributed by atoms with Gasteiger partial charge in [-0.2, -0.15) is 0 Å². The quantitative estimate of drug-likeness (QED) is 0.508. The van der Waals surface area contributed by atoms with Crippen molar-refractivity contribution in [3.05, 3.63) is 0 Å². The Bertz CT molecular complexity index is 11.7. The molecule has 0 aliphatic rings. The molecule has 1 radical (unpaired) electrons. The zero-order valence-corrected chi connectivity index (χ0v) is 11.5. The fourth-order valence-electron chi connectivity index (χ4n) is 0. The van der Waals surface area contributed by atoms with Crippen molar-refractivity contribution in [3.63, 3.8) is 0 Å². The van der Waals surface area contributed by atoms with E-state index in [0.717, 1.165) is 0 Å². The maximum Gasteiger partial charge on any atom is 3.00 e. The molecule has 0 aromatic rings. The largest absolute Gasteiger partial charge is 3.00 e. The molecule has 0 saturated carbocycles. The van der Waals surface area contributed by atoms with Gasteiger partial charge in [0, 0.05) is 0 Å². The van der Waals surface area contributed by atoms with Gasteiger partial charge in [-0.1, -0.05) is 0 Å². The second-order valence-corrected chi connectivity index (χ2v) is 0. The molecule has 0 saturated heterocycles. The van der Waals surface area contributed by atoms with E-state index >= 15 is 0 Å². The summed E-state index contributed by atoms with van der Waals surface area (Å²) in [6.07, 6.45) is 0. The van der Waals surface area contributed by atoms with Crippen LogP contribution in [0.5, 0.6) is 0 Å². The van der Waals surface area contributed by atoms with Crippen molar-refractivity contribution >= 4 is 45.5 Å². The summed E-state index contributed by atoms with van der Waals surface area (Å²) in [5.41, 5.74) is 0. The average molecular weight is 346 g/mol. The summed E-state index contributed by atoms with van der Waals surface area (Å²) in [5, 5.41) is 0. The molecule has 0 amide bonds. The first kappa shape index (κ1) is 88.9. The summed E-state index contributed by atoms with van der Waals surface area (Å²) in [4.78, 5) is 0. The molecule has 7 heteroatoms. The van der Waals surface area contributed by atoms with Crippen LogP contribution in [0.15, 0.2) is 0 Å². The Morgan fingerprint density at radius 2 is 0.571 bits per heavy atom. The third kappa shape index (κ3) is 48.5. The van der Waals surface area contributed by atoms with Crippen LogP contribution in [0.4, 0.5) is 0 Å². The third-order valence-electron chi connectivity index (χ3n) is 0. The van der Waals surface area contributed by atoms with E-state index < -0.39 is 0 Å². The Morgan fingerprint density at radius 3 is 0.571 bits per heavy atom. The molecule has 0 bridgehead atoms. The summed E-state index contributed by atoms with van der Waals surface area (Å²) >= 11 is 0. The van der Waals surface area contributed by atoms with Gasteiger partial charge < -0.3 is 21.9 Å². The summed E-state index contributed by atoms with van der Waals surface area (Å²) < 4.78 is 0. The average Bonchev–Trinajstić information content (AvgIpc) is 0. The van der Waals surface area contributed by atoms with Crippen LogP contribution in [0, 0.1) is 35.6 Å². The maximum atomic E-state index is 0.